The number of piperazine rings is 1. The average Bonchev–Trinajstić information content (AvgIpc) is 2.81. The van der Waals surface area contributed by atoms with Gasteiger partial charge in [0.05, 0.1) is 24.5 Å². The van der Waals surface area contributed by atoms with Crippen molar-refractivity contribution in [2.45, 2.75) is 70.4 Å². The minimum absolute atomic E-state index is 0.131. The highest BCUT2D eigenvalue weighted by Crippen LogP contribution is 2.39. The molecule has 2 atom stereocenters. The highest BCUT2D eigenvalue weighted by atomic mass is 16.5. The molecule has 0 amide bonds. The van der Waals surface area contributed by atoms with Crippen molar-refractivity contribution in [2.75, 3.05) is 37.7 Å². The second kappa shape index (κ2) is 10.1. The maximum atomic E-state index is 10.5. The van der Waals surface area contributed by atoms with Gasteiger partial charge < -0.3 is 14.7 Å². The topological polar surface area (TPSA) is 84.7 Å². The van der Waals surface area contributed by atoms with Crippen molar-refractivity contribution in [2.24, 2.45) is 0 Å². The van der Waals surface area contributed by atoms with Gasteiger partial charge in [0, 0.05) is 43.7 Å². The molecule has 0 spiro atoms. The van der Waals surface area contributed by atoms with Crippen molar-refractivity contribution < 1.29 is 9.84 Å². The smallest absolute Gasteiger partial charge is 0.163 e. The number of aliphatic hydroxyl groups is 1. The van der Waals surface area contributed by atoms with E-state index in [1.807, 2.05) is 0 Å². The number of aliphatic hydroxyl groups excluding tert-OH is 1. The summed E-state index contributed by atoms with van der Waals surface area (Å²) >= 11 is 0. The number of hydrogen-bond acceptors (Lipinski definition) is 7. The van der Waals surface area contributed by atoms with Crippen LogP contribution < -0.4 is 10.2 Å². The first-order valence-electron chi connectivity index (χ1n) is 11.7. The van der Waals surface area contributed by atoms with Crippen LogP contribution in [-0.4, -0.2) is 60.2 Å². The monoisotopic (exact) mass is 425 g/mol. The second-order valence-corrected chi connectivity index (χ2v) is 9.01. The molecule has 2 aliphatic heterocycles. The van der Waals surface area contributed by atoms with Crippen LogP contribution in [0.15, 0.2) is 12.7 Å². The lowest BCUT2D eigenvalue weighted by Gasteiger charge is -2.43. The Kier molecular flexibility index (Phi) is 7.24. The second-order valence-electron chi connectivity index (χ2n) is 9.01. The predicted molar refractivity (Wildman–Crippen MR) is 121 cm³/mol. The van der Waals surface area contributed by atoms with E-state index in [1.54, 1.807) is 6.08 Å². The first kappa shape index (κ1) is 22.2. The standard InChI is InChI=1S/C24H35N5O2/c1-3-10-26-24(30)29-12-11-28(15-17(29)2)23-20(14-25)19-9-13-31-16-21(19)22(27-23)18-7-5-4-6-8-18/h3,17-18,24,26,30H,1,4-13,15-16H2,2H3/t17-,24?/m1/s1. The Morgan fingerprint density at radius 3 is 2.84 bits per heavy atom. The van der Waals surface area contributed by atoms with Crippen LogP contribution >= 0.6 is 0 Å². The van der Waals surface area contributed by atoms with Crippen LogP contribution in [0.2, 0.25) is 0 Å². The summed E-state index contributed by atoms with van der Waals surface area (Å²) in [6, 6.07) is 2.61. The van der Waals surface area contributed by atoms with Crippen LogP contribution in [0.4, 0.5) is 5.82 Å². The highest BCUT2D eigenvalue weighted by molar-refractivity contribution is 5.62. The van der Waals surface area contributed by atoms with Gasteiger partial charge in [0.25, 0.3) is 0 Å². The molecule has 3 aliphatic rings. The summed E-state index contributed by atoms with van der Waals surface area (Å²) in [6.45, 7) is 9.79. The molecule has 1 unspecified atom stereocenters. The first-order valence-corrected chi connectivity index (χ1v) is 11.7. The number of rotatable bonds is 6. The summed E-state index contributed by atoms with van der Waals surface area (Å²) in [6.07, 6.45) is 8.00. The summed E-state index contributed by atoms with van der Waals surface area (Å²) < 4.78 is 5.79. The van der Waals surface area contributed by atoms with E-state index in [1.165, 1.54) is 43.4 Å². The van der Waals surface area contributed by atoms with Crippen LogP contribution in [0.1, 0.15) is 67.3 Å². The van der Waals surface area contributed by atoms with Gasteiger partial charge >= 0.3 is 0 Å². The Hall–Kier alpha value is -1.98. The molecule has 7 heteroatoms. The van der Waals surface area contributed by atoms with Gasteiger partial charge in [-0.05, 0) is 31.7 Å². The normalized spacial score (nSPS) is 23.8. The first-order chi connectivity index (χ1) is 15.1. The summed E-state index contributed by atoms with van der Waals surface area (Å²) in [5.41, 5.74) is 4.23. The van der Waals surface area contributed by atoms with Crippen LogP contribution in [0.5, 0.6) is 0 Å². The van der Waals surface area contributed by atoms with E-state index in [-0.39, 0.29) is 6.04 Å². The Morgan fingerprint density at radius 2 is 2.13 bits per heavy atom. The largest absolute Gasteiger partial charge is 0.376 e. The zero-order chi connectivity index (χ0) is 21.8. The molecule has 0 aromatic carbocycles. The number of hydrogen-bond donors (Lipinski definition) is 2. The molecule has 3 heterocycles. The molecular formula is C24H35N5O2. The van der Waals surface area contributed by atoms with Gasteiger partial charge in [0.15, 0.2) is 6.35 Å². The lowest BCUT2D eigenvalue weighted by atomic mass is 9.82. The maximum Gasteiger partial charge on any atom is 0.163 e. The van der Waals surface area contributed by atoms with E-state index in [0.29, 0.717) is 32.2 Å². The molecule has 0 radical (unpaired) electrons. The van der Waals surface area contributed by atoms with Gasteiger partial charge in [0.2, 0.25) is 0 Å². The minimum atomic E-state index is -0.697. The molecule has 1 aliphatic carbocycles. The SMILES string of the molecule is C=CCNC(O)N1CCN(c2nc(C3CCCCC3)c3c(c2C#N)CCOC3)C[C@H]1C. The highest BCUT2D eigenvalue weighted by Gasteiger charge is 2.33. The third-order valence-electron chi connectivity index (χ3n) is 7.01. The number of fused-ring (bicyclic) bond motifs is 1. The summed E-state index contributed by atoms with van der Waals surface area (Å²) in [4.78, 5) is 9.48. The van der Waals surface area contributed by atoms with E-state index < -0.39 is 6.35 Å². The van der Waals surface area contributed by atoms with E-state index in [0.717, 1.165) is 36.5 Å². The van der Waals surface area contributed by atoms with Gasteiger partial charge in [-0.2, -0.15) is 5.26 Å². The maximum absolute atomic E-state index is 10.5. The van der Waals surface area contributed by atoms with Gasteiger partial charge in [-0.25, -0.2) is 4.98 Å². The van der Waals surface area contributed by atoms with Crippen molar-refractivity contribution in [3.05, 3.63) is 35.0 Å². The molecule has 0 bridgehead atoms. The van der Waals surface area contributed by atoms with Gasteiger partial charge in [-0.15, -0.1) is 6.58 Å². The van der Waals surface area contributed by atoms with Gasteiger partial charge in [0.1, 0.15) is 11.9 Å². The number of nitrogens with zero attached hydrogens (tertiary/aromatic N) is 4. The van der Waals surface area contributed by atoms with E-state index in [2.05, 4.69) is 34.7 Å². The van der Waals surface area contributed by atoms with Gasteiger partial charge in [-0.3, -0.25) is 10.2 Å². The summed E-state index contributed by atoms with van der Waals surface area (Å²) in [5, 5.41) is 23.6. The van der Waals surface area contributed by atoms with Crippen LogP contribution in [-0.2, 0) is 17.8 Å². The molecule has 4 rings (SSSR count). The fourth-order valence-corrected chi connectivity index (χ4v) is 5.36. The Balaban J connectivity index is 1.63. The lowest BCUT2D eigenvalue weighted by molar-refractivity contribution is -0.0460. The van der Waals surface area contributed by atoms with Crippen molar-refractivity contribution in [1.29, 1.82) is 5.26 Å². The number of anilines is 1. The van der Waals surface area contributed by atoms with Gasteiger partial charge in [-0.1, -0.05) is 25.3 Å². The molecule has 1 saturated carbocycles. The molecular weight excluding hydrogens is 390 g/mol. The van der Waals surface area contributed by atoms with Crippen molar-refractivity contribution in [3.8, 4) is 6.07 Å². The Labute approximate surface area is 185 Å². The zero-order valence-corrected chi connectivity index (χ0v) is 18.6. The lowest BCUT2D eigenvalue weighted by Crippen LogP contribution is -2.59. The summed E-state index contributed by atoms with van der Waals surface area (Å²) in [5.74, 6) is 1.31. The van der Waals surface area contributed by atoms with Crippen LogP contribution in [0.25, 0.3) is 0 Å². The molecule has 7 nitrogen and oxygen atoms in total. The number of ether oxygens (including phenoxy) is 1. The van der Waals surface area contributed by atoms with Crippen molar-refractivity contribution in [3.63, 3.8) is 0 Å². The van der Waals surface area contributed by atoms with E-state index >= 15 is 0 Å². The molecule has 2 fully saturated rings. The predicted octanol–water partition coefficient (Wildman–Crippen LogP) is 2.64. The average molecular weight is 426 g/mol. The minimum Gasteiger partial charge on any atom is -0.376 e. The Morgan fingerprint density at radius 1 is 1.32 bits per heavy atom. The molecule has 31 heavy (non-hydrogen) atoms. The van der Waals surface area contributed by atoms with E-state index in [9.17, 15) is 10.4 Å². The summed E-state index contributed by atoms with van der Waals surface area (Å²) in [7, 11) is 0. The zero-order valence-electron chi connectivity index (χ0n) is 18.6. The van der Waals surface area contributed by atoms with Crippen molar-refractivity contribution >= 4 is 5.82 Å². The molecule has 2 N–H and O–H groups in total. The van der Waals surface area contributed by atoms with E-state index in [4.69, 9.17) is 9.72 Å². The third-order valence-corrected chi connectivity index (χ3v) is 7.01. The third kappa shape index (κ3) is 4.63. The molecule has 168 valence electrons. The number of nitriles is 1. The Bertz CT molecular complexity index is 830. The molecule has 1 aromatic rings. The molecule has 1 saturated heterocycles. The number of nitrogens with one attached hydrogen (secondary N) is 1. The fraction of sp³-hybridized carbons (Fsp3) is 0.667. The van der Waals surface area contributed by atoms with Crippen LogP contribution in [0.3, 0.4) is 0 Å². The van der Waals surface area contributed by atoms with Crippen LogP contribution in [0, 0.1) is 11.3 Å². The number of pyridine rings is 1. The quantitative estimate of drug-likeness (QED) is 0.535. The van der Waals surface area contributed by atoms with Crippen molar-refractivity contribution in [1.82, 2.24) is 15.2 Å². The number of aromatic nitrogens is 1. The fourth-order valence-electron chi connectivity index (χ4n) is 5.36. The molecule has 1 aromatic heterocycles.